The number of rotatable bonds is 3. The molecule has 0 aliphatic carbocycles. The number of sulfone groups is 1. The normalized spacial score (nSPS) is 14.9. The summed E-state index contributed by atoms with van der Waals surface area (Å²) >= 11 is 0. The Hall–Kier alpha value is -3.53. The highest BCUT2D eigenvalue weighted by molar-refractivity contribution is 7.91. The van der Waals surface area contributed by atoms with Gasteiger partial charge in [0, 0.05) is 31.6 Å². The number of carbonyl (C=O) groups is 2. The molecule has 0 unspecified atom stereocenters. The van der Waals surface area contributed by atoms with Crippen molar-refractivity contribution >= 4 is 38.6 Å². The van der Waals surface area contributed by atoms with Crippen molar-refractivity contribution in [2.24, 2.45) is 0 Å². The minimum atomic E-state index is -4.07. The molecule has 0 saturated carbocycles. The number of piperazine rings is 1. The molecule has 9 nitrogen and oxygen atoms in total. The number of para-hydroxylation sites is 1. The van der Waals surface area contributed by atoms with E-state index in [1.54, 1.807) is 41.3 Å². The van der Waals surface area contributed by atoms with Gasteiger partial charge in [0.1, 0.15) is 5.60 Å². The number of amides is 1. The number of ether oxygens (including phenoxy) is 1. The Labute approximate surface area is 198 Å². The van der Waals surface area contributed by atoms with Crippen molar-refractivity contribution in [3.8, 4) is 0 Å². The molecule has 180 valence electrons. The summed E-state index contributed by atoms with van der Waals surface area (Å²) in [6.45, 7) is 7.12. The van der Waals surface area contributed by atoms with Crippen molar-refractivity contribution in [1.82, 2.24) is 9.47 Å². The van der Waals surface area contributed by atoms with Crippen LogP contribution < -0.4 is 4.90 Å². The number of nitrogens with zero attached hydrogens (tertiary/aromatic N) is 3. The molecule has 0 atom stereocenters. The van der Waals surface area contributed by atoms with E-state index >= 15 is 0 Å². The molecule has 1 fully saturated rings. The average Bonchev–Trinajstić information content (AvgIpc) is 3.20. The van der Waals surface area contributed by atoms with E-state index in [9.17, 15) is 23.1 Å². The summed E-state index contributed by atoms with van der Waals surface area (Å²) < 4.78 is 32.9. The molecule has 2 aromatic carbocycles. The van der Waals surface area contributed by atoms with Gasteiger partial charge in [0.15, 0.2) is 5.03 Å². The van der Waals surface area contributed by atoms with Gasteiger partial charge in [-0.3, -0.25) is 0 Å². The minimum absolute atomic E-state index is 0.0211. The number of hydrogen-bond acceptors (Lipinski definition) is 6. The molecule has 2 heterocycles. The first kappa shape index (κ1) is 23.6. The third-order valence-electron chi connectivity index (χ3n) is 5.56. The number of anilines is 1. The van der Waals surface area contributed by atoms with Crippen LogP contribution in [0.5, 0.6) is 0 Å². The van der Waals surface area contributed by atoms with Crippen LogP contribution in [0, 0.1) is 0 Å². The lowest BCUT2D eigenvalue weighted by Gasteiger charge is -2.37. The number of aromatic nitrogens is 1. The van der Waals surface area contributed by atoms with Gasteiger partial charge in [0.2, 0.25) is 9.84 Å². The second-order valence-corrected chi connectivity index (χ2v) is 11.0. The van der Waals surface area contributed by atoms with E-state index < -0.39 is 27.6 Å². The summed E-state index contributed by atoms with van der Waals surface area (Å²) in [5.74, 6) is 0. The van der Waals surface area contributed by atoms with Crippen molar-refractivity contribution in [2.75, 3.05) is 31.1 Å². The number of benzene rings is 2. The molecule has 1 aliphatic rings. The molecular weight excluding hydrogens is 458 g/mol. The topological polar surface area (TPSA) is 109 Å². The minimum Gasteiger partial charge on any atom is -0.464 e. The Kier molecular flexibility index (Phi) is 6.03. The van der Waals surface area contributed by atoms with Crippen molar-refractivity contribution in [1.29, 1.82) is 0 Å². The fourth-order valence-electron chi connectivity index (χ4n) is 4.04. The smallest absolute Gasteiger partial charge is 0.417 e. The van der Waals surface area contributed by atoms with Gasteiger partial charge in [-0.15, -0.1) is 0 Å². The zero-order valence-electron chi connectivity index (χ0n) is 19.3. The molecule has 0 bridgehead atoms. The van der Waals surface area contributed by atoms with E-state index in [0.29, 0.717) is 42.8 Å². The average molecular weight is 486 g/mol. The van der Waals surface area contributed by atoms with Crippen LogP contribution in [0.4, 0.5) is 15.3 Å². The fourth-order valence-corrected chi connectivity index (χ4v) is 5.48. The van der Waals surface area contributed by atoms with Gasteiger partial charge in [-0.2, -0.15) is 0 Å². The van der Waals surface area contributed by atoms with Gasteiger partial charge in [-0.25, -0.2) is 22.6 Å². The summed E-state index contributed by atoms with van der Waals surface area (Å²) in [6, 6.07) is 14.4. The van der Waals surface area contributed by atoms with E-state index in [2.05, 4.69) is 0 Å². The highest BCUT2D eigenvalue weighted by atomic mass is 32.2. The van der Waals surface area contributed by atoms with Crippen LogP contribution in [0.1, 0.15) is 20.8 Å². The maximum Gasteiger partial charge on any atom is 0.417 e. The van der Waals surface area contributed by atoms with Crippen molar-refractivity contribution < 1.29 is 27.9 Å². The third-order valence-corrected chi connectivity index (χ3v) is 7.30. The summed E-state index contributed by atoms with van der Waals surface area (Å²) in [5.41, 5.74) is 0.302. The van der Waals surface area contributed by atoms with Gasteiger partial charge < -0.3 is 19.6 Å². The van der Waals surface area contributed by atoms with Crippen LogP contribution in [-0.4, -0.2) is 67.0 Å². The Morgan fingerprint density at radius 1 is 0.941 bits per heavy atom. The van der Waals surface area contributed by atoms with Crippen molar-refractivity contribution in [3.63, 3.8) is 0 Å². The van der Waals surface area contributed by atoms with Crippen LogP contribution in [-0.2, 0) is 14.6 Å². The SMILES string of the molecule is CC(C)(C)OC(=O)N1CCN(c2cccc3cc(S(=O)(=O)c4ccccc4)n(C(=O)O)c23)CC1. The Bertz CT molecular complexity index is 1330. The second kappa shape index (κ2) is 8.68. The maximum absolute atomic E-state index is 13.3. The Morgan fingerprint density at radius 3 is 2.18 bits per heavy atom. The van der Waals surface area contributed by atoms with Crippen LogP contribution in [0.3, 0.4) is 0 Å². The highest BCUT2D eigenvalue weighted by Crippen LogP contribution is 2.34. The van der Waals surface area contributed by atoms with Gasteiger partial charge in [-0.05, 0) is 45.0 Å². The van der Waals surface area contributed by atoms with Crippen LogP contribution in [0.25, 0.3) is 10.9 Å². The molecular formula is C24H27N3O6S. The standard InChI is InChI=1S/C24H27N3O6S/c1-24(2,3)33-23(30)26-14-12-25(13-15-26)19-11-7-8-17-16-20(27(21(17)19)22(28)29)34(31,32)18-9-5-4-6-10-18/h4-11,16H,12-15H2,1-3H3,(H,28,29). The number of carboxylic acid groups (broad SMARTS) is 1. The first-order chi connectivity index (χ1) is 16.0. The van der Waals surface area contributed by atoms with Crippen LogP contribution >= 0.6 is 0 Å². The first-order valence-corrected chi connectivity index (χ1v) is 12.4. The lowest BCUT2D eigenvalue weighted by Crippen LogP contribution is -2.50. The summed E-state index contributed by atoms with van der Waals surface area (Å²) in [5, 5.41) is 10.2. The molecule has 1 aliphatic heterocycles. The number of fused-ring (bicyclic) bond motifs is 1. The van der Waals surface area contributed by atoms with E-state index in [4.69, 9.17) is 4.74 Å². The number of carbonyl (C=O) groups excluding carboxylic acids is 1. The lowest BCUT2D eigenvalue weighted by atomic mass is 10.2. The third kappa shape index (κ3) is 4.45. The predicted molar refractivity (Wildman–Crippen MR) is 127 cm³/mol. The molecule has 4 rings (SSSR count). The summed E-state index contributed by atoms with van der Waals surface area (Å²) in [7, 11) is -4.07. The molecule has 1 N–H and O–H groups in total. The Morgan fingerprint density at radius 2 is 1.59 bits per heavy atom. The molecule has 1 saturated heterocycles. The molecule has 1 amide bonds. The van der Waals surface area contributed by atoms with Gasteiger partial charge in [-0.1, -0.05) is 30.3 Å². The molecule has 34 heavy (non-hydrogen) atoms. The zero-order chi connectivity index (χ0) is 24.7. The van der Waals surface area contributed by atoms with Crippen LogP contribution in [0.15, 0.2) is 64.5 Å². The van der Waals surface area contributed by atoms with Crippen molar-refractivity contribution in [3.05, 3.63) is 54.6 Å². The predicted octanol–water partition coefficient (Wildman–Crippen LogP) is 4.06. The van der Waals surface area contributed by atoms with E-state index in [-0.39, 0.29) is 9.92 Å². The largest absolute Gasteiger partial charge is 0.464 e. The molecule has 0 radical (unpaired) electrons. The number of hydrogen-bond donors (Lipinski definition) is 1. The lowest BCUT2D eigenvalue weighted by molar-refractivity contribution is 0.0240. The van der Waals surface area contributed by atoms with Crippen LogP contribution in [0.2, 0.25) is 0 Å². The van der Waals surface area contributed by atoms with E-state index in [1.165, 1.54) is 18.2 Å². The molecule has 3 aromatic rings. The van der Waals surface area contributed by atoms with E-state index in [1.807, 2.05) is 25.7 Å². The molecule has 0 spiro atoms. The highest BCUT2D eigenvalue weighted by Gasteiger charge is 2.31. The maximum atomic E-state index is 13.3. The van der Waals surface area contributed by atoms with Gasteiger partial charge >= 0.3 is 12.2 Å². The monoisotopic (exact) mass is 485 g/mol. The summed E-state index contributed by atoms with van der Waals surface area (Å²) in [6.07, 6.45) is -1.78. The molecule has 1 aromatic heterocycles. The molecule has 10 heteroatoms. The Balaban J connectivity index is 1.71. The van der Waals surface area contributed by atoms with Crippen molar-refractivity contribution in [2.45, 2.75) is 36.3 Å². The fraction of sp³-hybridized carbons (Fsp3) is 0.333. The van der Waals surface area contributed by atoms with E-state index in [0.717, 1.165) is 4.57 Å². The summed E-state index contributed by atoms with van der Waals surface area (Å²) in [4.78, 5) is 28.3. The zero-order valence-corrected chi connectivity index (χ0v) is 20.1. The second-order valence-electron chi connectivity index (χ2n) is 9.09. The first-order valence-electron chi connectivity index (χ1n) is 10.9. The quantitative estimate of drug-likeness (QED) is 0.596. The van der Waals surface area contributed by atoms with Gasteiger partial charge in [0.05, 0.1) is 16.1 Å². The van der Waals surface area contributed by atoms with Gasteiger partial charge in [0.25, 0.3) is 0 Å².